The fourth-order valence-corrected chi connectivity index (χ4v) is 12.8. The van der Waals surface area contributed by atoms with Gasteiger partial charge in [-0.05, 0) is 0 Å². The quantitative estimate of drug-likeness (QED) is 0.303. The molecule has 0 fully saturated rings. The van der Waals surface area contributed by atoms with Gasteiger partial charge in [0.15, 0.2) is 0 Å². The van der Waals surface area contributed by atoms with E-state index in [2.05, 4.69) is 132 Å². The van der Waals surface area contributed by atoms with Crippen LogP contribution in [-0.2, 0) is 6.42 Å². The first kappa shape index (κ1) is 23.8. The molecular formula is C33H37OP. The van der Waals surface area contributed by atoms with Gasteiger partial charge in [0.1, 0.15) is 0 Å². The Labute approximate surface area is 211 Å². The molecule has 0 aliphatic carbocycles. The van der Waals surface area contributed by atoms with Gasteiger partial charge >= 0.3 is 211 Å². The van der Waals surface area contributed by atoms with Gasteiger partial charge in [-0.1, -0.05) is 0 Å². The second-order valence-corrected chi connectivity index (χ2v) is 16.1. The number of rotatable bonds is 4. The zero-order valence-corrected chi connectivity index (χ0v) is 22.8. The molecule has 180 valence electrons. The SMILES string of the molecule is Cc1c(C)c(P(C)(c2ccccc2)(c2ccccc2)c2ccccc2)c(C)c2c1OC(C)(C)CC2. The average molecular weight is 481 g/mol. The Kier molecular flexibility index (Phi) is 5.69. The third-order valence-electron chi connectivity index (χ3n) is 8.46. The second kappa shape index (κ2) is 8.35. The molecular weight excluding hydrogens is 443 g/mol. The molecule has 2 heteroatoms. The predicted molar refractivity (Wildman–Crippen MR) is 154 cm³/mol. The van der Waals surface area contributed by atoms with Crippen LogP contribution in [0.15, 0.2) is 91.0 Å². The fourth-order valence-electron chi connectivity index (χ4n) is 6.44. The second-order valence-electron chi connectivity index (χ2n) is 11.0. The van der Waals surface area contributed by atoms with Crippen LogP contribution in [0, 0.1) is 20.8 Å². The van der Waals surface area contributed by atoms with Crippen LogP contribution in [0.25, 0.3) is 0 Å². The Morgan fingerprint density at radius 2 is 1.06 bits per heavy atom. The topological polar surface area (TPSA) is 9.23 Å². The monoisotopic (exact) mass is 480 g/mol. The van der Waals surface area contributed by atoms with E-state index in [4.69, 9.17) is 4.74 Å². The Bertz CT molecular complexity index is 1270. The van der Waals surface area contributed by atoms with Gasteiger partial charge in [0.2, 0.25) is 0 Å². The average Bonchev–Trinajstić information content (AvgIpc) is 2.88. The Morgan fingerprint density at radius 1 is 0.629 bits per heavy atom. The Hall–Kier alpha value is -2.89. The van der Waals surface area contributed by atoms with E-state index in [1.54, 1.807) is 0 Å². The van der Waals surface area contributed by atoms with E-state index >= 15 is 0 Å². The minimum atomic E-state index is -3.10. The van der Waals surface area contributed by atoms with Gasteiger partial charge in [-0.25, -0.2) is 0 Å². The van der Waals surface area contributed by atoms with Crippen molar-refractivity contribution in [2.24, 2.45) is 0 Å². The van der Waals surface area contributed by atoms with Crippen molar-refractivity contribution in [3.63, 3.8) is 0 Å². The van der Waals surface area contributed by atoms with E-state index in [1.165, 1.54) is 43.5 Å². The van der Waals surface area contributed by atoms with Gasteiger partial charge in [-0.2, -0.15) is 0 Å². The van der Waals surface area contributed by atoms with Crippen LogP contribution in [0.1, 0.15) is 42.5 Å². The molecule has 1 heterocycles. The third-order valence-corrected chi connectivity index (χ3v) is 15.0. The molecule has 0 atom stereocenters. The van der Waals surface area contributed by atoms with E-state index in [0.717, 1.165) is 18.6 Å². The van der Waals surface area contributed by atoms with Gasteiger partial charge in [-0.3, -0.25) is 0 Å². The molecule has 0 N–H and O–H groups in total. The van der Waals surface area contributed by atoms with Crippen LogP contribution < -0.4 is 26.0 Å². The Morgan fingerprint density at radius 3 is 1.49 bits per heavy atom. The summed E-state index contributed by atoms with van der Waals surface area (Å²) < 4.78 is 6.64. The van der Waals surface area contributed by atoms with Gasteiger partial charge < -0.3 is 0 Å². The molecule has 0 aromatic heterocycles. The van der Waals surface area contributed by atoms with E-state index in [1.807, 2.05) is 0 Å². The molecule has 35 heavy (non-hydrogen) atoms. The number of benzene rings is 4. The van der Waals surface area contributed by atoms with Gasteiger partial charge in [0.05, 0.1) is 0 Å². The summed E-state index contributed by atoms with van der Waals surface area (Å²) in [5, 5.41) is 5.70. The number of ether oxygens (including phenoxy) is 1. The third kappa shape index (κ3) is 3.40. The van der Waals surface area contributed by atoms with Gasteiger partial charge in [0, 0.05) is 0 Å². The molecule has 0 amide bonds. The molecule has 4 aromatic carbocycles. The molecule has 0 bridgehead atoms. The zero-order valence-electron chi connectivity index (χ0n) is 21.9. The van der Waals surface area contributed by atoms with Crippen molar-refractivity contribution in [3.8, 4) is 5.75 Å². The molecule has 1 aliphatic rings. The molecule has 0 unspecified atom stereocenters. The molecule has 0 saturated carbocycles. The molecule has 0 spiro atoms. The van der Waals surface area contributed by atoms with Crippen molar-refractivity contribution in [3.05, 3.63) is 113 Å². The summed E-state index contributed by atoms with van der Waals surface area (Å²) >= 11 is 0. The van der Waals surface area contributed by atoms with Crippen LogP contribution in [0.3, 0.4) is 0 Å². The van der Waals surface area contributed by atoms with Gasteiger partial charge in [0.25, 0.3) is 0 Å². The van der Waals surface area contributed by atoms with Crippen LogP contribution in [-0.4, -0.2) is 12.3 Å². The first-order valence-corrected chi connectivity index (χ1v) is 15.4. The first-order chi connectivity index (χ1) is 16.7. The summed E-state index contributed by atoms with van der Waals surface area (Å²) in [5.41, 5.74) is 5.30. The van der Waals surface area contributed by atoms with E-state index in [0.29, 0.717) is 0 Å². The molecule has 0 radical (unpaired) electrons. The normalized spacial score (nSPS) is 16.0. The summed E-state index contributed by atoms with van der Waals surface area (Å²) in [5.74, 6) is 1.11. The van der Waals surface area contributed by atoms with Crippen LogP contribution >= 0.6 is 6.60 Å². The maximum absolute atomic E-state index is 6.64. The predicted octanol–water partition coefficient (Wildman–Crippen LogP) is 6.50. The summed E-state index contributed by atoms with van der Waals surface area (Å²) in [6.45, 7) is 10.8. The molecule has 5 rings (SSSR count). The van der Waals surface area contributed by atoms with Crippen molar-refractivity contribution < 1.29 is 4.74 Å². The molecule has 4 aromatic rings. The van der Waals surface area contributed by atoms with E-state index < -0.39 is 6.60 Å². The van der Waals surface area contributed by atoms with Crippen LogP contribution in [0.5, 0.6) is 5.75 Å². The standard InChI is InChI=1S/C33H37OP/c1-24-25(2)32(26(3)30-22-23-33(4,5)34-31(24)30)35(6,27-16-10-7-11-17-27,28-18-12-8-13-19-28)29-20-14-9-15-21-29/h7-21H,22-23H2,1-6H3. The van der Waals surface area contributed by atoms with E-state index in [-0.39, 0.29) is 5.60 Å². The molecule has 1 nitrogen and oxygen atoms in total. The summed E-state index contributed by atoms with van der Waals surface area (Å²) in [7, 11) is 0. The molecule has 0 saturated heterocycles. The minimum absolute atomic E-state index is 0.131. The zero-order chi connectivity index (χ0) is 24.9. The van der Waals surface area contributed by atoms with Crippen molar-refractivity contribution in [1.82, 2.24) is 0 Å². The van der Waals surface area contributed by atoms with Crippen molar-refractivity contribution in [2.45, 2.75) is 53.1 Å². The van der Waals surface area contributed by atoms with E-state index in [9.17, 15) is 0 Å². The summed E-state index contributed by atoms with van der Waals surface area (Å²) in [6, 6.07) is 33.7. The van der Waals surface area contributed by atoms with Crippen molar-refractivity contribution in [2.75, 3.05) is 6.66 Å². The Balaban J connectivity index is 2.02. The van der Waals surface area contributed by atoms with Gasteiger partial charge in [-0.15, -0.1) is 0 Å². The number of hydrogen-bond acceptors (Lipinski definition) is 1. The van der Waals surface area contributed by atoms with Crippen molar-refractivity contribution >= 4 is 27.8 Å². The summed E-state index contributed by atoms with van der Waals surface area (Å²) in [6.07, 6.45) is 2.08. The number of fused-ring (bicyclic) bond motifs is 1. The van der Waals surface area contributed by atoms with Crippen molar-refractivity contribution in [1.29, 1.82) is 0 Å². The summed E-state index contributed by atoms with van der Waals surface area (Å²) in [4.78, 5) is 0. The molecule has 1 aliphatic heterocycles. The van der Waals surface area contributed by atoms with Crippen LogP contribution in [0.4, 0.5) is 0 Å². The maximum atomic E-state index is 6.64. The number of hydrogen-bond donors (Lipinski definition) is 0. The van der Waals surface area contributed by atoms with Crippen LogP contribution in [0.2, 0.25) is 0 Å². The first-order valence-electron chi connectivity index (χ1n) is 12.7. The fraction of sp³-hybridized carbons (Fsp3) is 0.273.